The van der Waals surface area contributed by atoms with Crippen LogP contribution in [0.2, 0.25) is 0 Å². The number of nitrogens with zero attached hydrogens (tertiary/aromatic N) is 2. The van der Waals surface area contributed by atoms with E-state index in [2.05, 4.69) is 30.1 Å². The molecule has 1 rings (SSSR count). The Balaban J connectivity index is 2.52. The summed E-state index contributed by atoms with van der Waals surface area (Å²) in [5.41, 5.74) is 0. The van der Waals surface area contributed by atoms with Gasteiger partial charge in [-0.25, -0.2) is 0 Å². The molecule has 0 aliphatic heterocycles. The molecule has 2 atom stereocenters. The maximum atomic E-state index is 4.20. The van der Waals surface area contributed by atoms with Crippen LogP contribution in [0.5, 0.6) is 0 Å². The van der Waals surface area contributed by atoms with E-state index in [1.807, 2.05) is 7.05 Å². The highest BCUT2D eigenvalue weighted by atomic mass is 15.1. The van der Waals surface area contributed by atoms with Gasteiger partial charge in [0.05, 0.1) is 0 Å². The van der Waals surface area contributed by atoms with Crippen LogP contribution in [0.4, 0.5) is 0 Å². The molecule has 1 aliphatic carbocycles. The summed E-state index contributed by atoms with van der Waals surface area (Å²) in [5.74, 6) is 0.699. The van der Waals surface area contributed by atoms with Crippen LogP contribution in [-0.2, 0) is 0 Å². The predicted octanol–water partition coefficient (Wildman–Crippen LogP) is 2.59. The summed E-state index contributed by atoms with van der Waals surface area (Å²) < 4.78 is 0. The fraction of sp³-hybridized carbons (Fsp3) is 0.917. The molecule has 0 bridgehead atoms. The van der Waals surface area contributed by atoms with Crippen LogP contribution < -0.4 is 0 Å². The smallest absolute Gasteiger partial charge is 0.0273 e. The van der Waals surface area contributed by atoms with Gasteiger partial charge >= 0.3 is 0 Å². The molecule has 0 radical (unpaired) electrons. The van der Waals surface area contributed by atoms with Crippen molar-refractivity contribution in [2.24, 2.45) is 10.9 Å². The van der Waals surface area contributed by atoms with Gasteiger partial charge in [0.25, 0.3) is 0 Å². The summed E-state index contributed by atoms with van der Waals surface area (Å²) in [6, 6.07) is 0.743. The third-order valence-corrected chi connectivity index (χ3v) is 3.26. The summed E-state index contributed by atoms with van der Waals surface area (Å²) in [4.78, 5) is 6.72. The first kappa shape index (κ1) is 11.7. The van der Waals surface area contributed by atoms with E-state index in [1.54, 1.807) is 0 Å². The molecule has 0 amide bonds. The molecule has 2 nitrogen and oxygen atoms in total. The van der Waals surface area contributed by atoms with Gasteiger partial charge < -0.3 is 9.89 Å². The summed E-state index contributed by atoms with van der Waals surface area (Å²) in [7, 11) is 4.15. The lowest BCUT2D eigenvalue weighted by atomic mass is 9.84. The highest BCUT2D eigenvalue weighted by Crippen LogP contribution is 2.26. The lowest BCUT2D eigenvalue weighted by Crippen LogP contribution is -2.41. The average molecular weight is 196 g/mol. The normalized spacial score (nSPS) is 28.9. The molecular formula is C12H24N2. The summed E-state index contributed by atoms with van der Waals surface area (Å²) in [6.45, 7) is 3.47. The van der Waals surface area contributed by atoms with Crippen molar-refractivity contribution in [3.8, 4) is 0 Å². The van der Waals surface area contributed by atoms with Crippen LogP contribution >= 0.6 is 0 Å². The molecule has 0 heterocycles. The molecular weight excluding hydrogens is 172 g/mol. The lowest BCUT2D eigenvalue weighted by Gasteiger charge is -2.36. The predicted molar refractivity (Wildman–Crippen MR) is 63.1 cm³/mol. The molecule has 0 aromatic heterocycles. The molecule has 1 aliphatic rings. The van der Waals surface area contributed by atoms with E-state index in [4.69, 9.17) is 0 Å². The third-order valence-electron chi connectivity index (χ3n) is 3.26. The van der Waals surface area contributed by atoms with Crippen LogP contribution in [-0.4, -0.2) is 37.8 Å². The second kappa shape index (κ2) is 6.18. The Morgan fingerprint density at radius 1 is 1.36 bits per heavy atom. The van der Waals surface area contributed by atoms with Gasteiger partial charge in [-0.05, 0) is 32.9 Å². The highest BCUT2D eigenvalue weighted by Gasteiger charge is 2.26. The van der Waals surface area contributed by atoms with Crippen molar-refractivity contribution >= 4 is 6.21 Å². The summed E-state index contributed by atoms with van der Waals surface area (Å²) >= 11 is 0. The Kier molecular flexibility index (Phi) is 5.16. The Labute approximate surface area is 88.4 Å². The van der Waals surface area contributed by atoms with Crippen molar-refractivity contribution in [2.45, 2.75) is 45.1 Å². The van der Waals surface area contributed by atoms with Crippen molar-refractivity contribution in [3.63, 3.8) is 0 Å². The van der Waals surface area contributed by atoms with Crippen molar-refractivity contribution in [3.05, 3.63) is 0 Å². The first-order valence-electron chi connectivity index (χ1n) is 5.92. The van der Waals surface area contributed by atoms with E-state index in [1.165, 1.54) is 38.6 Å². The minimum Gasteiger partial charge on any atom is -0.303 e. The maximum Gasteiger partial charge on any atom is 0.0273 e. The van der Waals surface area contributed by atoms with Gasteiger partial charge in [0, 0.05) is 25.2 Å². The molecule has 0 spiro atoms. The van der Waals surface area contributed by atoms with Crippen molar-refractivity contribution in [2.75, 3.05) is 20.6 Å². The van der Waals surface area contributed by atoms with Gasteiger partial charge in [-0.15, -0.1) is 0 Å². The van der Waals surface area contributed by atoms with Gasteiger partial charge in [0.15, 0.2) is 0 Å². The van der Waals surface area contributed by atoms with Gasteiger partial charge in [-0.1, -0.05) is 19.8 Å². The largest absolute Gasteiger partial charge is 0.303 e. The number of rotatable bonds is 4. The van der Waals surface area contributed by atoms with Crippen molar-refractivity contribution in [1.29, 1.82) is 0 Å². The Bertz CT molecular complexity index is 177. The fourth-order valence-electron chi connectivity index (χ4n) is 2.57. The van der Waals surface area contributed by atoms with E-state index in [0.29, 0.717) is 5.92 Å². The fourth-order valence-corrected chi connectivity index (χ4v) is 2.57. The summed E-state index contributed by atoms with van der Waals surface area (Å²) in [6.07, 6.45) is 8.88. The third kappa shape index (κ3) is 3.09. The molecule has 1 fully saturated rings. The molecule has 0 aromatic rings. The van der Waals surface area contributed by atoms with E-state index in [-0.39, 0.29) is 0 Å². The Morgan fingerprint density at radius 3 is 2.71 bits per heavy atom. The van der Waals surface area contributed by atoms with E-state index >= 15 is 0 Å². The zero-order chi connectivity index (χ0) is 10.4. The van der Waals surface area contributed by atoms with Crippen LogP contribution in [0.3, 0.4) is 0 Å². The molecule has 0 N–H and O–H groups in total. The second-order valence-electron chi connectivity index (χ2n) is 4.40. The minimum absolute atomic E-state index is 0.699. The minimum atomic E-state index is 0.699. The Hall–Kier alpha value is -0.370. The second-order valence-corrected chi connectivity index (χ2v) is 4.40. The van der Waals surface area contributed by atoms with E-state index in [9.17, 15) is 0 Å². The van der Waals surface area contributed by atoms with Crippen molar-refractivity contribution in [1.82, 2.24) is 4.90 Å². The molecule has 0 aromatic carbocycles. The summed E-state index contributed by atoms with van der Waals surface area (Å²) in [5, 5.41) is 0. The average Bonchev–Trinajstić information content (AvgIpc) is 2.19. The molecule has 2 heteroatoms. The standard InChI is InChI=1S/C12H24N2/c1-4-9-14(3)12-8-6-5-7-11(12)10-13-2/h10-12H,4-9H2,1-3H3/b13-10+/t11?,12-/m0/s1. The monoisotopic (exact) mass is 196 g/mol. The van der Waals surface area contributed by atoms with Crippen LogP contribution in [0.15, 0.2) is 4.99 Å². The zero-order valence-corrected chi connectivity index (χ0v) is 9.87. The van der Waals surface area contributed by atoms with Crippen LogP contribution in [0.1, 0.15) is 39.0 Å². The van der Waals surface area contributed by atoms with Crippen LogP contribution in [0.25, 0.3) is 0 Å². The SMILES string of the molecule is CCCN(C)[C@H]1CCCCC1/C=N/C. The molecule has 0 saturated heterocycles. The van der Waals surface area contributed by atoms with Gasteiger partial charge in [-0.2, -0.15) is 0 Å². The van der Waals surface area contributed by atoms with Gasteiger partial charge in [0.1, 0.15) is 0 Å². The van der Waals surface area contributed by atoms with Crippen molar-refractivity contribution < 1.29 is 0 Å². The van der Waals surface area contributed by atoms with E-state index in [0.717, 1.165) is 6.04 Å². The molecule has 1 unspecified atom stereocenters. The number of aliphatic imine (C=N–C) groups is 1. The quantitative estimate of drug-likeness (QED) is 0.631. The first-order chi connectivity index (χ1) is 6.79. The van der Waals surface area contributed by atoms with Gasteiger partial charge in [0.2, 0.25) is 0 Å². The number of hydrogen-bond donors (Lipinski definition) is 0. The first-order valence-corrected chi connectivity index (χ1v) is 5.92. The maximum absolute atomic E-state index is 4.20. The topological polar surface area (TPSA) is 15.6 Å². The lowest BCUT2D eigenvalue weighted by molar-refractivity contribution is 0.165. The van der Waals surface area contributed by atoms with Gasteiger partial charge in [-0.3, -0.25) is 0 Å². The molecule has 1 saturated carbocycles. The number of hydrogen-bond acceptors (Lipinski definition) is 2. The zero-order valence-electron chi connectivity index (χ0n) is 9.87. The highest BCUT2D eigenvalue weighted by molar-refractivity contribution is 5.61. The molecule has 14 heavy (non-hydrogen) atoms. The molecule has 82 valence electrons. The van der Waals surface area contributed by atoms with E-state index < -0.39 is 0 Å². The Morgan fingerprint density at radius 2 is 2.07 bits per heavy atom. The van der Waals surface area contributed by atoms with Crippen LogP contribution in [0, 0.1) is 5.92 Å².